The van der Waals surface area contributed by atoms with Crippen molar-refractivity contribution in [1.29, 1.82) is 0 Å². The van der Waals surface area contributed by atoms with E-state index in [1.165, 1.54) is 0 Å². The third-order valence-electron chi connectivity index (χ3n) is 7.18. The Morgan fingerprint density at radius 2 is 2.00 bits per heavy atom. The molecule has 0 spiro atoms. The average molecular weight is 540 g/mol. The second-order valence-corrected chi connectivity index (χ2v) is 11.2. The number of carbonyl (C=O) groups is 2. The second-order valence-electron chi connectivity index (χ2n) is 10.8. The maximum Gasteiger partial charge on any atom is 0.343 e. The van der Waals surface area contributed by atoms with Gasteiger partial charge in [-0.3, -0.25) is 9.59 Å². The number of pyridine rings is 2. The van der Waals surface area contributed by atoms with Crippen LogP contribution >= 0.6 is 11.6 Å². The SMILES string of the molecule is CC[C@@]1(O)C(=O)OCc2c1cc1n(c2=O)Cc2c-1nc1cc(Cl)c(C)cc1c2CNC(=O)COC(C)(C)C. The van der Waals surface area contributed by atoms with E-state index in [-0.39, 0.29) is 55.3 Å². The molecule has 1 amide bonds. The van der Waals surface area contributed by atoms with Gasteiger partial charge >= 0.3 is 5.97 Å². The minimum atomic E-state index is -1.91. The van der Waals surface area contributed by atoms with E-state index >= 15 is 0 Å². The number of fused-ring (bicyclic) bond motifs is 5. The van der Waals surface area contributed by atoms with Gasteiger partial charge in [0.05, 0.1) is 34.6 Å². The molecule has 0 saturated carbocycles. The number of aromatic nitrogens is 2. The lowest BCUT2D eigenvalue weighted by atomic mass is 9.86. The molecule has 200 valence electrons. The Labute approximate surface area is 224 Å². The molecule has 1 atom stereocenters. The van der Waals surface area contributed by atoms with Crippen LogP contribution in [0.5, 0.6) is 0 Å². The first-order valence-corrected chi connectivity index (χ1v) is 12.9. The molecule has 0 saturated heterocycles. The summed E-state index contributed by atoms with van der Waals surface area (Å²) in [5.74, 6) is -1.04. The van der Waals surface area contributed by atoms with Gasteiger partial charge in [0.1, 0.15) is 13.2 Å². The van der Waals surface area contributed by atoms with Crippen molar-refractivity contribution in [3.8, 4) is 11.4 Å². The van der Waals surface area contributed by atoms with Gasteiger partial charge in [0, 0.05) is 28.1 Å². The molecule has 10 heteroatoms. The van der Waals surface area contributed by atoms with Crippen molar-refractivity contribution in [2.45, 2.75) is 71.9 Å². The number of rotatable bonds is 5. The van der Waals surface area contributed by atoms with E-state index in [2.05, 4.69) is 5.32 Å². The summed E-state index contributed by atoms with van der Waals surface area (Å²) in [6, 6.07) is 5.36. The quantitative estimate of drug-likeness (QED) is 0.373. The molecule has 4 heterocycles. The van der Waals surface area contributed by atoms with Crippen molar-refractivity contribution >= 4 is 34.4 Å². The molecule has 5 rings (SSSR count). The van der Waals surface area contributed by atoms with Crippen LogP contribution in [-0.2, 0) is 44.4 Å². The van der Waals surface area contributed by atoms with E-state index in [0.717, 1.165) is 22.1 Å². The lowest BCUT2D eigenvalue weighted by Crippen LogP contribution is -2.44. The predicted octanol–water partition coefficient (Wildman–Crippen LogP) is 3.47. The highest BCUT2D eigenvalue weighted by atomic mass is 35.5. The standard InChI is InChI=1S/C28H30ClN3O6/c1-6-28(36)19-8-22-24-17(11-32(22)25(34)18(19)12-37-26(28)35)16(10-30-23(33)13-38-27(3,4)5)15-7-14(2)20(29)9-21(15)31-24/h7-9,36H,6,10-13H2,1-5H3,(H,30,33)/t28-/m0/s1. The van der Waals surface area contributed by atoms with Crippen molar-refractivity contribution in [2.75, 3.05) is 6.61 Å². The molecule has 1 aromatic carbocycles. The van der Waals surface area contributed by atoms with Crippen molar-refractivity contribution in [1.82, 2.24) is 14.9 Å². The van der Waals surface area contributed by atoms with Gasteiger partial charge in [0.2, 0.25) is 5.91 Å². The number of benzene rings is 1. The summed E-state index contributed by atoms with van der Waals surface area (Å²) < 4.78 is 12.3. The number of aryl methyl sites for hydroxylation is 1. The van der Waals surface area contributed by atoms with E-state index < -0.39 is 17.2 Å². The van der Waals surface area contributed by atoms with Gasteiger partial charge in [0.25, 0.3) is 5.56 Å². The highest BCUT2D eigenvalue weighted by molar-refractivity contribution is 6.32. The maximum atomic E-state index is 13.6. The Balaban J connectivity index is 1.65. The lowest BCUT2D eigenvalue weighted by molar-refractivity contribution is -0.172. The summed E-state index contributed by atoms with van der Waals surface area (Å²) in [6.07, 6.45) is 0.0581. The molecule has 2 aromatic heterocycles. The maximum absolute atomic E-state index is 13.6. The van der Waals surface area contributed by atoms with Crippen LogP contribution in [0.15, 0.2) is 23.0 Å². The number of ether oxygens (including phenoxy) is 2. The number of nitrogens with zero attached hydrogens (tertiary/aromatic N) is 2. The number of amides is 1. The Kier molecular flexibility index (Phi) is 6.37. The fraction of sp³-hybridized carbons (Fsp3) is 0.429. The summed E-state index contributed by atoms with van der Waals surface area (Å²) in [5, 5.41) is 15.4. The van der Waals surface area contributed by atoms with Crippen LogP contribution in [0.4, 0.5) is 0 Å². The van der Waals surface area contributed by atoms with Gasteiger partial charge in [-0.25, -0.2) is 9.78 Å². The summed E-state index contributed by atoms with van der Waals surface area (Å²) in [7, 11) is 0. The van der Waals surface area contributed by atoms with Crippen molar-refractivity contribution in [2.24, 2.45) is 0 Å². The molecule has 2 aliphatic rings. The minimum Gasteiger partial charge on any atom is -0.458 e. The van der Waals surface area contributed by atoms with E-state index in [1.54, 1.807) is 23.6 Å². The Bertz CT molecular complexity index is 1570. The van der Waals surface area contributed by atoms with Gasteiger partial charge < -0.3 is 24.5 Å². The molecular formula is C28H30ClN3O6. The zero-order valence-corrected chi connectivity index (χ0v) is 22.8. The van der Waals surface area contributed by atoms with E-state index in [4.69, 9.17) is 26.1 Å². The predicted molar refractivity (Wildman–Crippen MR) is 142 cm³/mol. The topological polar surface area (TPSA) is 120 Å². The molecule has 3 aromatic rings. The minimum absolute atomic E-state index is 0.0581. The number of esters is 1. The average Bonchev–Trinajstić information content (AvgIpc) is 3.22. The van der Waals surface area contributed by atoms with Gasteiger partial charge in [-0.2, -0.15) is 0 Å². The highest BCUT2D eigenvalue weighted by Crippen LogP contribution is 2.40. The number of halogens is 1. The third kappa shape index (κ3) is 4.28. The number of carbonyl (C=O) groups excluding carboxylic acids is 2. The fourth-order valence-corrected chi connectivity index (χ4v) is 5.17. The largest absolute Gasteiger partial charge is 0.458 e. The zero-order chi connectivity index (χ0) is 27.6. The monoisotopic (exact) mass is 539 g/mol. The fourth-order valence-electron chi connectivity index (χ4n) is 5.01. The molecule has 2 aliphatic heterocycles. The Morgan fingerprint density at radius 3 is 2.68 bits per heavy atom. The normalized spacial score (nSPS) is 18.1. The van der Waals surface area contributed by atoms with E-state index in [0.29, 0.717) is 21.9 Å². The van der Waals surface area contributed by atoms with Gasteiger partial charge in [-0.05, 0) is 63.4 Å². The van der Waals surface area contributed by atoms with E-state index in [1.807, 2.05) is 33.8 Å². The number of aliphatic hydroxyl groups is 1. The number of cyclic esters (lactones) is 1. The van der Waals surface area contributed by atoms with Crippen molar-refractivity contribution in [3.05, 3.63) is 61.4 Å². The number of nitrogens with one attached hydrogen (secondary N) is 1. The molecule has 38 heavy (non-hydrogen) atoms. The second kappa shape index (κ2) is 9.18. The smallest absolute Gasteiger partial charge is 0.343 e. The molecule has 9 nitrogen and oxygen atoms in total. The number of hydrogen-bond donors (Lipinski definition) is 2. The van der Waals surface area contributed by atoms with Crippen LogP contribution in [0.2, 0.25) is 5.02 Å². The van der Waals surface area contributed by atoms with Crippen LogP contribution < -0.4 is 10.9 Å². The van der Waals surface area contributed by atoms with Gasteiger partial charge in [-0.15, -0.1) is 0 Å². The molecule has 2 N–H and O–H groups in total. The molecule has 0 fully saturated rings. The molecule has 0 bridgehead atoms. The summed E-state index contributed by atoms with van der Waals surface area (Å²) in [5.41, 5.74) is 1.89. The summed E-state index contributed by atoms with van der Waals surface area (Å²) in [6.45, 7) is 9.32. The highest BCUT2D eigenvalue weighted by Gasteiger charge is 2.45. The molecule has 0 unspecified atom stereocenters. The third-order valence-corrected chi connectivity index (χ3v) is 7.59. The van der Waals surface area contributed by atoms with E-state index in [9.17, 15) is 19.5 Å². The van der Waals surface area contributed by atoms with Crippen LogP contribution in [-0.4, -0.2) is 38.7 Å². The number of hydrogen-bond acceptors (Lipinski definition) is 7. The lowest BCUT2D eigenvalue weighted by Gasteiger charge is -2.31. The molecular weight excluding hydrogens is 510 g/mol. The van der Waals surface area contributed by atoms with Crippen molar-refractivity contribution < 1.29 is 24.2 Å². The summed E-state index contributed by atoms with van der Waals surface area (Å²) >= 11 is 6.43. The van der Waals surface area contributed by atoms with Crippen molar-refractivity contribution in [3.63, 3.8) is 0 Å². The first-order chi connectivity index (χ1) is 17.8. The summed E-state index contributed by atoms with van der Waals surface area (Å²) in [4.78, 5) is 43.5. The Morgan fingerprint density at radius 1 is 1.26 bits per heavy atom. The van der Waals surface area contributed by atoms with Crippen LogP contribution in [0, 0.1) is 6.92 Å². The zero-order valence-electron chi connectivity index (χ0n) is 22.0. The molecule has 0 aliphatic carbocycles. The van der Waals surface area contributed by atoms with Gasteiger partial charge in [0.15, 0.2) is 5.60 Å². The van der Waals surface area contributed by atoms with Crippen LogP contribution in [0.1, 0.15) is 61.9 Å². The van der Waals surface area contributed by atoms with Gasteiger partial charge in [-0.1, -0.05) is 18.5 Å². The first-order valence-electron chi connectivity index (χ1n) is 12.5. The first kappa shape index (κ1) is 26.3. The van der Waals surface area contributed by atoms with Crippen LogP contribution in [0.3, 0.4) is 0 Å². The van der Waals surface area contributed by atoms with Crippen LogP contribution in [0.25, 0.3) is 22.3 Å². The Hall–Kier alpha value is -3.27. The molecule has 0 radical (unpaired) electrons.